The Labute approximate surface area is 138 Å². The third kappa shape index (κ3) is 4.80. The standard InChI is InChI=1S/C16H19BrN4O/c1-11(2)7-8-18-16(22)14-9-15(20-10-19-14)21-13-6-4-3-5-12(13)17/h3-6,9-11H,7-8H2,1-2H3,(H,18,22)(H,19,20,21). The number of rotatable bonds is 6. The van der Waals surface area contributed by atoms with E-state index in [1.54, 1.807) is 6.07 Å². The van der Waals surface area contributed by atoms with Crippen LogP contribution in [0, 0.1) is 5.92 Å². The topological polar surface area (TPSA) is 66.9 Å². The average molecular weight is 363 g/mol. The van der Waals surface area contributed by atoms with Crippen LogP contribution >= 0.6 is 15.9 Å². The number of halogens is 1. The van der Waals surface area contributed by atoms with Crippen LogP contribution in [0.25, 0.3) is 0 Å². The number of anilines is 2. The number of para-hydroxylation sites is 1. The summed E-state index contributed by atoms with van der Waals surface area (Å²) in [5.41, 5.74) is 1.24. The van der Waals surface area contributed by atoms with Crippen molar-refractivity contribution in [2.45, 2.75) is 20.3 Å². The van der Waals surface area contributed by atoms with Gasteiger partial charge in [-0.05, 0) is 40.4 Å². The van der Waals surface area contributed by atoms with E-state index in [-0.39, 0.29) is 5.91 Å². The van der Waals surface area contributed by atoms with Gasteiger partial charge >= 0.3 is 0 Å². The molecule has 0 aliphatic heterocycles. The van der Waals surface area contributed by atoms with Crippen LogP contribution in [-0.4, -0.2) is 22.4 Å². The van der Waals surface area contributed by atoms with Gasteiger partial charge in [-0.3, -0.25) is 4.79 Å². The number of amides is 1. The van der Waals surface area contributed by atoms with Gasteiger partial charge in [0.25, 0.3) is 5.91 Å². The van der Waals surface area contributed by atoms with E-state index in [2.05, 4.69) is 50.4 Å². The Hall–Kier alpha value is -1.95. The van der Waals surface area contributed by atoms with Gasteiger partial charge in [0, 0.05) is 17.1 Å². The molecule has 0 fully saturated rings. The van der Waals surface area contributed by atoms with Crippen LogP contribution < -0.4 is 10.6 Å². The van der Waals surface area contributed by atoms with Crippen LogP contribution in [0.15, 0.2) is 41.1 Å². The number of carbonyl (C=O) groups excluding carboxylic acids is 1. The molecule has 0 radical (unpaired) electrons. The minimum absolute atomic E-state index is 0.182. The van der Waals surface area contributed by atoms with Gasteiger partial charge < -0.3 is 10.6 Å². The highest BCUT2D eigenvalue weighted by atomic mass is 79.9. The highest BCUT2D eigenvalue weighted by Crippen LogP contribution is 2.24. The molecule has 1 aromatic carbocycles. The smallest absolute Gasteiger partial charge is 0.270 e. The van der Waals surface area contributed by atoms with Crippen molar-refractivity contribution in [3.05, 3.63) is 46.8 Å². The molecule has 22 heavy (non-hydrogen) atoms. The van der Waals surface area contributed by atoms with Crippen molar-refractivity contribution in [2.75, 3.05) is 11.9 Å². The largest absolute Gasteiger partial charge is 0.351 e. The van der Waals surface area contributed by atoms with Gasteiger partial charge in [0.2, 0.25) is 0 Å². The van der Waals surface area contributed by atoms with Crippen molar-refractivity contribution in [3.8, 4) is 0 Å². The zero-order valence-corrected chi connectivity index (χ0v) is 14.2. The van der Waals surface area contributed by atoms with Crippen molar-refractivity contribution in [1.29, 1.82) is 0 Å². The molecule has 0 spiro atoms. The van der Waals surface area contributed by atoms with Gasteiger partial charge in [-0.15, -0.1) is 0 Å². The lowest BCUT2D eigenvalue weighted by Crippen LogP contribution is -2.26. The molecule has 1 aromatic heterocycles. The van der Waals surface area contributed by atoms with Gasteiger partial charge in [-0.2, -0.15) is 0 Å². The Bertz CT molecular complexity index is 646. The summed E-state index contributed by atoms with van der Waals surface area (Å²) >= 11 is 3.46. The number of benzene rings is 1. The summed E-state index contributed by atoms with van der Waals surface area (Å²) in [6, 6.07) is 9.36. The summed E-state index contributed by atoms with van der Waals surface area (Å²) in [6.45, 7) is 4.89. The Morgan fingerprint density at radius 3 is 2.77 bits per heavy atom. The number of carbonyl (C=O) groups is 1. The van der Waals surface area contributed by atoms with Gasteiger partial charge in [-0.1, -0.05) is 26.0 Å². The van der Waals surface area contributed by atoms with Crippen molar-refractivity contribution < 1.29 is 4.79 Å². The first-order valence-corrected chi connectivity index (χ1v) is 7.97. The first kappa shape index (κ1) is 16.4. The third-order valence-electron chi connectivity index (χ3n) is 3.04. The molecule has 0 saturated carbocycles. The van der Waals surface area contributed by atoms with Crippen molar-refractivity contribution in [2.24, 2.45) is 5.92 Å². The summed E-state index contributed by atoms with van der Waals surface area (Å²) < 4.78 is 0.927. The minimum Gasteiger partial charge on any atom is -0.351 e. The maximum atomic E-state index is 12.1. The van der Waals surface area contributed by atoms with E-state index in [4.69, 9.17) is 0 Å². The summed E-state index contributed by atoms with van der Waals surface area (Å²) in [5.74, 6) is 0.951. The Kier molecular flexibility index (Phi) is 5.89. The second kappa shape index (κ2) is 7.89. The van der Waals surface area contributed by atoms with Crippen molar-refractivity contribution in [1.82, 2.24) is 15.3 Å². The van der Waals surface area contributed by atoms with E-state index in [1.807, 2.05) is 24.3 Å². The van der Waals surface area contributed by atoms with E-state index in [9.17, 15) is 4.79 Å². The lowest BCUT2D eigenvalue weighted by molar-refractivity contribution is 0.0947. The zero-order chi connectivity index (χ0) is 15.9. The highest BCUT2D eigenvalue weighted by molar-refractivity contribution is 9.10. The van der Waals surface area contributed by atoms with Crippen molar-refractivity contribution >= 4 is 33.3 Å². The van der Waals surface area contributed by atoms with E-state index >= 15 is 0 Å². The van der Waals surface area contributed by atoms with E-state index in [1.165, 1.54) is 6.33 Å². The minimum atomic E-state index is -0.182. The van der Waals surface area contributed by atoms with Gasteiger partial charge in [0.05, 0.1) is 5.69 Å². The number of aromatic nitrogens is 2. The molecule has 0 unspecified atom stereocenters. The predicted octanol–water partition coefficient (Wildman–Crippen LogP) is 3.76. The van der Waals surface area contributed by atoms with Crippen LogP contribution in [0.4, 0.5) is 11.5 Å². The second-order valence-electron chi connectivity index (χ2n) is 5.33. The lowest BCUT2D eigenvalue weighted by Gasteiger charge is -2.09. The zero-order valence-electron chi connectivity index (χ0n) is 12.6. The van der Waals surface area contributed by atoms with Crippen LogP contribution in [0.5, 0.6) is 0 Å². The molecule has 0 aliphatic rings. The summed E-state index contributed by atoms with van der Waals surface area (Å²) in [7, 11) is 0. The van der Waals surface area contributed by atoms with Crippen LogP contribution in [0.1, 0.15) is 30.8 Å². The number of nitrogens with one attached hydrogen (secondary N) is 2. The van der Waals surface area contributed by atoms with Crippen molar-refractivity contribution in [3.63, 3.8) is 0 Å². The molecule has 2 rings (SSSR count). The fourth-order valence-corrected chi connectivity index (χ4v) is 2.20. The Morgan fingerprint density at radius 1 is 1.27 bits per heavy atom. The third-order valence-corrected chi connectivity index (χ3v) is 3.74. The van der Waals surface area contributed by atoms with Gasteiger partial charge in [0.15, 0.2) is 0 Å². The van der Waals surface area contributed by atoms with Gasteiger partial charge in [-0.25, -0.2) is 9.97 Å². The number of nitrogens with zero attached hydrogens (tertiary/aromatic N) is 2. The molecular formula is C16H19BrN4O. The molecule has 0 atom stereocenters. The van der Waals surface area contributed by atoms with Crippen LogP contribution in [0.3, 0.4) is 0 Å². The molecule has 1 amide bonds. The van der Waals surface area contributed by atoms with Crippen LogP contribution in [0.2, 0.25) is 0 Å². The maximum Gasteiger partial charge on any atom is 0.270 e. The maximum absolute atomic E-state index is 12.1. The normalized spacial score (nSPS) is 10.5. The lowest BCUT2D eigenvalue weighted by atomic mass is 10.1. The molecule has 1 heterocycles. The highest BCUT2D eigenvalue weighted by Gasteiger charge is 2.09. The Balaban J connectivity index is 2.03. The number of hydrogen-bond donors (Lipinski definition) is 2. The quantitative estimate of drug-likeness (QED) is 0.820. The fraction of sp³-hybridized carbons (Fsp3) is 0.312. The molecule has 0 bridgehead atoms. The molecule has 2 N–H and O–H groups in total. The SMILES string of the molecule is CC(C)CCNC(=O)c1cc(Nc2ccccc2Br)ncn1. The average Bonchev–Trinajstić information content (AvgIpc) is 2.49. The fourth-order valence-electron chi connectivity index (χ4n) is 1.82. The van der Waals surface area contributed by atoms with Gasteiger partial charge in [0.1, 0.15) is 17.8 Å². The monoisotopic (exact) mass is 362 g/mol. The molecule has 0 saturated heterocycles. The molecule has 0 aliphatic carbocycles. The molecule has 116 valence electrons. The van der Waals surface area contributed by atoms with E-state index in [0.717, 1.165) is 16.6 Å². The molecule has 6 heteroatoms. The summed E-state index contributed by atoms with van der Waals surface area (Å²) in [6.07, 6.45) is 2.33. The van der Waals surface area contributed by atoms with E-state index in [0.29, 0.717) is 24.0 Å². The Morgan fingerprint density at radius 2 is 2.05 bits per heavy atom. The predicted molar refractivity (Wildman–Crippen MR) is 91.2 cm³/mol. The first-order chi connectivity index (χ1) is 10.6. The molecule has 2 aromatic rings. The molecule has 5 nitrogen and oxygen atoms in total. The van der Waals surface area contributed by atoms with E-state index < -0.39 is 0 Å². The second-order valence-corrected chi connectivity index (χ2v) is 6.19. The summed E-state index contributed by atoms with van der Waals surface area (Å²) in [5, 5.41) is 6.03. The first-order valence-electron chi connectivity index (χ1n) is 7.18. The molecular weight excluding hydrogens is 344 g/mol. The number of hydrogen-bond acceptors (Lipinski definition) is 4. The van der Waals surface area contributed by atoms with Crippen LogP contribution in [-0.2, 0) is 0 Å². The summed E-state index contributed by atoms with van der Waals surface area (Å²) in [4.78, 5) is 20.2.